The largest absolute Gasteiger partial charge is 0.507 e. The first-order valence-electron chi connectivity index (χ1n) is 15.7. The number of carbonyl (C=O) groups excluding carboxylic acids is 2. The summed E-state index contributed by atoms with van der Waals surface area (Å²) < 4.78 is 32.5. The van der Waals surface area contributed by atoms with Crippen molar-refractivity contribution >= 4 is 17.5 Å². The Kier molecular flexibility index (Phi) is 11.6. The number of carbonyl (C=O) groups is 3. The van der Waals surface area contributed by atoms with Crippen LogP contribution in [0.3, 0.4) is 0 Å². The van der Waals surface area contributed by atoms with Crippen molar-refractivity contribution in [1.82, 2.24) is 0 Å². The number of phenolic OH excluding ortho intramolecular Hbond substituents is 4. The van der Waals surface area contributed by atoms with Crippen molar-refractivity contribution in [2.75, 3.05) is 42.7 Å². The smallest absolute Gasteiger partial charge is 0.303 e. The molecule has 0 fully saturated rings. The van der Waals surface area contributed by atoms with Crippen molar-refractivity contribution in [3.8, 4) is 57.5 Å². The molecule has 0 aromatic heterocycles. The molecule has 4 aromatic carbocycles. The fraction of sp³-hybridized carbons (Fsp3) is 0.289. The zero-order valence-electron chi connectivity index (χ0n) is 29.9. The maximum absolute atomic E-state index is 14.2. The Hall–Kier alpha value is -6.31. The van der Waals surface area contributed by atoms with Gasteiger partial charge in [0.05, 0.1) is 53.8 Å². The third-order valence-corrected chi connectivity index (χ3v) is 8.71. The third-order valence-electron chi connectivity index (χ3n) is 8.71. The topological polar surface area (TPSA) is 208 Å². The molecule has 5 N–H and O–H groups in total. The molecule has 0 aliphatic heterocycles. The van der Waals surface area contributed by atoms with Gasteiger partial charge >= 0.3 is 5.97 Å². The average Bonchev–Trinajstić information content (AvgIpc) is 3.11. The summed E-state index contributed by atoms with van der Waals surface area (Å²) in [6.45, 7) is 3.20. The number of ketones is 2. The molecule has 0 saturated heterocycles. The van der Waals surface area contributed by atoms with E-state index in [0.29, 0.717) is 22.6 Å². The quantitative estimate of drug-likeness (QED) is 0.0943. The summed E-state index contributed by atoms with van der Waals surface area (Å²) >= 11 is 0. The van der Waals surface area contributed by atoms with Crippen molar-refractivity contribution < 1.29 is 68.3 Å². The third kappa shape index (κ3) is 6.99. The lowest BCUT2D eigenvalue weighted by atomic mass is 9.81. The van der Waals surface area contributed by atoms with E-state index >= 15 is 0 Å². The molecule has 0 aliphatic carbocycles. The van der Waals surface area contributed by atoms with E-state index in [1.54, 1.807) is 26.0 Å². The number of ether oxygens (including phenoxy) is 6. The molecular weight excluding hydrogens is 680 g/mol. The maximum atomic E-state index is 14.2. The summed E-state index contributed by atoms with van der Waals surface area (Å²) in [4.78, 5) is 40.4. The van der Waals surface area contributed by atoms with E-state index in [1.165, 1.54) is 54.8 Å². The molecule has 4 aromatic rings. The Morgan fingerprint density at radius 2 is 0.904 bits per heavy atom. The molecule has 0 bridgehead atoms. The molecule has 0 radical (unpaired) electrons. The van der Waals surface area contributed by atoms with Gasteiger partial charge in [-0.25, -0.2) is 0 Å². The normalized spacial score (nSPS) is 10.9. The van der Waals surface area contributed by atoms with Crippen LogP contribution in [0.25, 0.3) is 0 Å². The average molecular weight is 721 g/mol. The Balaban J connectivity index is 2.08. The number of aromatic hydroxyl groups is 4. The molecule has 0 saturated carbocycles. The minimum absolute atomic E-state index is 0.0196. The van der Waals surface area contributed by atoms with E-state index in [1.807, 2.05) is 0 Å². The minimum Gasteiger partial charge on any atom is -0.507 e. The highest BCUT2D eigenvalue weighted by atomic mass is 16.5. The molecule has 0 aliphatic rings. The highest BCUT2D eigenvalue weighted by molar-refractivity contribution is 6.16. The van der Waals surface area contributed by atoms with Gasteiger partial charge in [-0.15, -0.1) is 0 Å². The van der Waals surface area contributed by atoms with Crippen molar-refractivity contribution in [3.63, 3.8) is 0 Å². The molecular formula is C38H40O14. The van der Waals surface area contributed by atoms with Gasteiger partial charge in [0.15, 0.2) is 0 Å². The summed E-state index contributed by atoms with van der Waals surface area (Å²) in [5, 5.41) is 55.9. The van der Waals surface area contributed by atoms with E-state index in [9.17, 15) is 39.9 Å². The number of rotatable bonds is 15. The van der Waals surface area contributed by atoms with Crippen LogP contribution in [-0.2, 0) is 4.79 Å². The molecule has 4 rings (SSSR count). The van der Waals surface area contributed by atoms with Crippen LogP contribution in [0.5, 0.6) is 57.5 Å². The molecule has 0 atom stereocenters. The van der Waals surface area contributed by atoms with Gasteiger partial charge in [-0.05, 0) is 43.5 Å². The highest BCUT2D eigenvalue weighted by Gasteiger charge is 2.37. The number of aliphatic carboxylic acids is 1. The second-order valence-corrected chi connectivity index (χ2v) is 11.7. The number of phenols is 4. The summed E-state index contributed by atoms with van der Waals surface area (Å²) in [5.41, 5.74) is -0.917. The van der Waals surface area contributed by atoms with E-state index in [2.05, 4.69) is 0 Å². The van der Waals surface area contributed by atoms with Crippen molar-refractivity contribution in [2.45, 2.75) is 32.6 Å². The van der Waals surface area contributed by atoms with E-state index in [4.69, 9.17) is 28.4 Å². The number of aryl methyl sites for hydroxylation is 2. The lowest BCUT2D eigenvalue weighted by molar-refractivity contribution is -0.137. The standard InChI is InChI=1S/C38H40O14/c1-17-11-19(47-3)13-24(49-5)29(17)35(43)33-22(39)15-26(51-7)31(37(33)45)21(9-10-28(41)42)32-27(52-8)16-23(40)34(38(32)46)36(44)30-18(2)12-20(48-4)14-25(30)50-6/h11-16,21,39-40,45-46H,9-10H2,1-8H3,(H,41,42). The number of methoxy groups -OCH3 is 6. The fourth-order valence-electron chi connectivity index (χ4n) is 6.29. The Bertz CT molecular complexity index is 1910. The first-order valence-corrected chi connectivity index (χ1v) is 15.7. The van der Waals surface area contributed by atoms with Gasteiger partial charge in [0, 0.05) is 47.7 Å². The Morgan fingerprint density at radius 1 is 0.538 bits per heavy atom. The molecule has 0 amide bonds. The molecule has 14 heteroatoms. The van der Waals surface area contributed by atoms with Crippen LogP contribution in [0.4, 0.5) is 0 Å². The van der Waals surface area contributed by atoms with Crippen molar-refractivity contribution in [2.24, 2.45) is 0 Å². The molecule has 0 spiro atoms. The molecule has 0 heterocycles. The monoisotopic (exact) mass is 720 g/mol. The van der Waals surface area contributed by atoms with E-state index in [-0.39, 0.29) is 51.7 Å². The number of hydrogen-bond donors (Lipinski definition) is 5. The first-order chi connectivity index (χ1) is 24.7. The number of hydrogen-bond acceptors (Lipinski definition) is 13. The van der Waals surface area contributed by atoms with Gasteiger partial charge in [-0.3, -0.25) is 14.4 Å². The van der Waals surface area contributed by atoms with Crippen LogP contribution in [0.2, 0.25) is 0 Å². The number of benzene rings is 4. The van der Waals surface area contributed by atoms with Crippen LogP contribution < -0.4 is 28.4 Å². The van der Waals surface area contributed by atoms with Crippen LogP contribution in [0.15, 0.2) is 36.4 Å². The van der Waals surface area contributed by atoms with E-state index in [0.717, 1.165) is 12.1 Å². The maximum Gasteiger partial charge on any atom is 0.303 e. The molecule has 0 unspecified atom stereocenters. The lowest BCUT2D eigenvalue weighted by Gasteiger charge is -2.26. The Labute approximate surface area is 299 Å². The second-order valence-electron chi connectivity index (χ2n) is 11.7. The minimum atomic E-state index is -1.39. The van der Waals surface area contributed by atoms with Gasteiger partial charge in [-0.1, -0.05) is 0 Å². The van der Waals surface area contributed by atoms with Crippen LogP contribution in [0.1, 0.15) is 72.9 Å². The van der Waals surface area contributed by atoms with Gasteiger partial charge < -0.3 is 54.0 Å². The number of carboxylic acid groups (broad SMARTS) is 1. The zero-order chi connectivity index (χ0) is 38.6. The SMILES string of the molecule is COc1cc(C)c(C(=O)c2c(O)cc(OC)c(C(CCC(=O)O)c3c(OC)cc(O)c(C(=O)c4c(C)cc(OC)cc4OC)c3O)c2O)c(OC)c1. The highest BCUT2D eigenvalue weighted by Crippen LogP contribution is 2.53. The summed E-state index contributed by atoms with van der Waals surface area (Å²) in [6, 6.07) is 8.13. The zero-order valence-corrected chi connectivity index (χ0v) is 29.9. The van der Waals surface area contributed by atoms with Crippen molar-refractivity contribution in [1.29, 1.82) is 0 Å². The predicted molar refractivity (Wildman–Crippen MR) is 187 cm³/mol. The fourth-order valence-corrected chi connectivity index (χ4v) is 6.29. The van der Waals surface area contributed by atoms with Crippen molar-refractivity contribution in [3.05, 3.63) is 80.9 Å². The summed E-state index contributed by atoms with van der Waals surface area (Å²) in [7, 11) is 7.95. The first kappa shape index (κ1) is 38.5. The summed E-state index contributed by atoms with van der Waals surface area (Å²) in [6.07, 6.45) is -0.920. The van der Waals surface area contributed by atoms with Crippen LogP contribution in [0, 0.1) is 13.8 Å². The lowest BCUT2D eigenvalue weighted by Crippen LogP contribution is -2.14. The summed E-state index contributed by atoms with van der Waals surface area (Å²) in [5.74, 6) is -6.87. The molecule has 276 valence electrons. The molecule has 14 nitrogen and oxygen atoms in total. The van der Waals surface area contributed by atoms with Gasteiger partial charge in [0.2, 0.25) is 11.6 Å². The van der Waals surface area contributed by atoms with Gasteiger partial charge in [-0.2, -0.15) is 0 Å². The van der Waals surface area contributed by atoms with Crippen LogP contribution >= 0.6 is 0 Å². The van der Waals surface area contributed by atoms with Gasteiger partial charge in [0.1, 0.15) is 68.6 Å². The van der Waals surface area contributed by atoms with E-state index < -0.39 is 64.0 Å². The van der Waals surface area contributed by atoms with Crippen LogP contribution in [-0.4, -0.2) is 85.7 Å². The second kappa shape index (κ2) is 15.7. The Morgan fingerprint density at radius 3 is 1.21 bits per heavy atom. The number of carboxylic acids is 1. The van der Waals surface area contributed by atoms with Gasteiger partial charge in [0.25, 0.3) is 0 Å². The molecule has 52 heavy (non-hydrogen) atoms. The predicted octanol–water partition coefficient (Wildman–Crippen LogP) is 5.64.